The molecule has 0 aromatic carbocycles. The third kappa shape index (κ3) is 3.58. The molecule has 0 spiro atoms. The molecule has 6 heteroatoms. The minimum absolute atomic E-state index is 0.0832. The van der Waals surface area contributed by atoms with Crippen LogP contribution < -0.4 is 5.32 Å². The van der Waals surface area contributed by atoms with Crippen LogP contribution in [0.3, 0.4) is 0 Å². The Balaban J connectivity index is 3.02. The Morgan fingerprint density at radius 2 is 2.00 bits per heavy atom. The van der Waals surface area contributed by atoms with Crippen molar-refractivity contribution in [2.75, 3.05) is 14.1 Å². The summed E-state index contributed by atoms with van der Waals surface area (Å²) in [4.78, 5) is 3.29. The number of aromatic amines is 1. The van der Waals surface area contributed by atoms with Gasteiger partial charge in [-0.2, -0.15) is 4.31 Å². The van der Waals surface area contributed by atoms with Gasteiger partial charge in [0.15, 0.2) is 0 Å². The van der Waals surface area contributed by atoms with Gasteiger partial charge >= 0.3 is 0 Å². The molecule has 0 radical (unpaired) electrons. The number of aromatic nitrogens is 1. The second-order valence-corrected chi connectivity index (χ2v) is 7.95. The van der Waals surface area contributed by atoms with Crippen molar-refractivity contribution in [2.24, 2.45) is 5.41 Å². The van der Waals surface area contributed by atoms with Crippen LogP contribution in [0.1, 0.15) is 33.4 Å². The molecule has 1 atom stereocenters. The average molecular weight is 287 g/mol. The number of hydrogen-bond donors (Lipinski definition) is 2. The average Bonchev–Trinajstić information content (AvgIpc) is 2.75. The number of nitrogens with one attached hydrogen (secondary N) is 2. The van der Waals surface area contributed by atoms with E-state index in [0.29, 0.717) is 11.4 Å². The van der Waals surface area contributed by atoms with Crippen LogP contribution in [-0.4, -0.2) is 37.8 Å². The molecule has 1 rings (SSSR count). The summed E-state index contributed by atoms with van der Waals surface area (Å²) < 4.78 is 26.5. The van der Waals surface area contributed by atoms with E-state index in [1.54, 1.807) is 19.3 Å². The number of nitrogens with zero attached hydrogens (tertiary/aromatic N) is 1. The minimum Gasteiger partial charge on any atom is -0.363 e. The van der Waals surface area contributed by atoms with Gasteiger partial charge in [0.25, 0.3) is 0 Å². The molecule has 1 unspecified atom stereocenters. The zero-order valence-electron chi connectivity index (χ0n) is 12.6. The highest BCUT2D eigenvalue weighted by atomic mass is 32.2. The van der Waals surface area contributed by atoms with Gasteiger partial charge in [-0.05, 0) is 25.5 Å². The van der Waals surface area contributed by atoms with Crippen molar-refractivity contribution in [2.45, 2.75) is 45.2 Å². The monoisotopic (exact) mass is 287 g/mol. The molecule has 0 saturated heterocycles. The van der Waals surface area contributed by atoms with E-state index in [2.05, 4.69) is 10.3 Å². The Bertz CT molecular complexity index is 514. The third-order valence-electron chi connectivity index (χ3n) is 3.56. The summed E-state index contributed by atoms with van der Waals surface area (Å²) >= 11 is 0. The summed E-state index contributed by atoms with van der Waals surface area (Å²) in [5.41, 5.74) is 0.754. The van der Waals surface area contributed by atoms with Crippen LogP contribution in [0.25, 0.3) is 0 Å². The van der Waals surface area contributed by atoms with Crippen molar-refractivity contribution in [3.8, 4) is 0 Å². The van der Waals surface area contributed by atoms with Crippen LogP contribution >= 0.6 is 0 Å². The summed E-state index contributed by atoms with van der Waals surface area (Å²) in [6, 6.07) is 1.60. The van der Waals surface area contributed by atoms with Gasteiger partial charge in [0, 0.05) is 31.5 Å². The second-order valence-electron chi connectivity index (χ2n) is 5.95. The number of H-pyrrole nitrogens is 1. The van der Waals surface area contributed by atoms with Crippen LogP contribution in [0, 0.1) is 5.41 Å². The minimum atomic E-state index is -3.44. The van der Waals surface area contributed by atoms with E-state index in [9.17, 15) is 8.42 Å². The number of rotatable bonds is 5. The molecule has 2 N–H and O–H groups in total. The van der Waals surface area contributed by atoms with Gasteiger partial charge in [-0.15, -0.1) is 0 Å². The first-order valence-corrected chi connectivity index (χ1v) is 7.84. The highest BCUT2D eigenvalue weighted by Gasteiger charge is 2.32. The molecule has 1 aromatic heterocycles. The van der Waals surface area contributed by atoms with Gasteiger partial charge < -0.3 is 10.3 Å². The van der Waals surface area contributed by atoms with Gasteiger partial charge in [-0.25, -0.2) is 8.42 Å². The van der Waals surface area contributed by atoms with Crippen LogP contribution in [0.5, 0.6) is 0 Å². The van der Waals surface area contributed by atoms with E-state index in [-0.39, 0.29) is 11.5 Å². The first-order valence-electron chi connectivity index (χ1n) is 6.40. The predicted octanol–water partition coefficient (Wildman–Crippen LogP) is 1.79. The van der Waals surface area contributed by atoms with Crippen LogP contribution in [-0.2, 0) is 16.6 Å². The SMILES string of the molecule is CNCc1cc(S(=O)(=O)N(C)C(C)C(C)(C)C)c[nH]1. The van der Waals surface area contributed by atoms with Gasteiger partial charge in [0.2, 0.25) is 10.0 Å². The summed E-state index contributed by atoms with van der Waals surface area (Å²) in [6.07, 6.45) is 1.55. The summed E-state index contributed by atoms with van der Waals surface area (Å²) in [7, 11) is 0.0126. The summed E-state index contributed by atoms with van der Waals surface area (Å²) in [5, 5.41) is 2.99. The fraction of sp³-hybridized carbons (Fsp3) is 0.692. The van der Waals surface area contributed by atoms with Crippen molar-refractivity contribution in [3.05, 3.63) is 18.0 Å². The largest absolute Gasteiger partial charge is 0.363 e. The van der Waals surface area contributed by atoms with E-state index < -0.39 is 10.0 Å². The summed E-state index contributed by atoms with van der Waals surface area (Å²) in [5.74, 6) is 0. The molecule has 0 amide bonds. The molecule has 0 bridgehead atoms. The zero-order chi connectivity index (χ0) is 14.8. The van der Waals surface area contributed by atoms with Gasteiger partial charge in [0.1, 0.15) is 0 Å². The molecule has 110 valence electrons. The molecule has 1 aromatic rings. The topological polar surface area (TPSA) is 65.2 Å². The maximum absolute atomic E-state index is 12.5. The first-order chi connectivity index (χ1) is 8.60. The Kier molecular flexibility index (Phi) is 4.81. The van der Waals surface area contributed by atoms with Gasteiger partial charge in [-0.3, -0.25) is 0 Å². The van der Waals surface area contributed by atoms with Crippen molar-refractivity contribution in [1.29, 1.82) is 0 Å². The highest BCUT2D eigenvalue weighted by molar-refractivity contribution is 7.89. The Hall–Kier alpha value is -0.850. The van der Waals surface area contributed by atoms with E-state index in [1.165, 1.54) is 4.31 Å². The van der Waals surface area contributed by atoms with E-state index in [0.717, 1.165) is 5.69 Å². The Labute approximate surface area is 116 Å². The van der Waals surface area contributed by atoms with Gasteiger partial charge in [-0.1, -0.05) is 20.8 Å². The van der Waals surface area contributed by atoms with E-state index >= 15 is 0 Å². The smallest absolute Gasteiger partial charge is 0.244 e. The molecule has 0 aliphatic heterocycles. The van der Waals surface area contributed by atoms with Crippen molar-refractivity contribution in [1.82, 2.24) is 14.6 Å². The maximum atomic E-state index is 12.5. The molecule has 19 heavy (non-hydrogen) atoms. The first kappa shape index (κ1) is 16.2. The van der Waals surface area contributed by atoms with Crippen molar-refractivity contribution < 1.29 is 8.42 Å². The molecule has 0 aliphatic carbocycles. The van der Waals surface area contributed by atoms with Gasteiger partial charge in [0.05, 0.1) is 4.90 Å². The molecule has 0 fully saturated rings. The molecule has 5 nitrogen and oxygen atoms in total. The highest BCUT2D eigenvalue weighted by Crippen LogP contribution is 2.27. The quantitative estimate of drug-likeness (QED) is 0.867. The fourth-order valence-electron chi connectivity index (χ4n) is 1.78. The summed E-state index contributed by atoms with van der Waals surface area (Å²) in [6.45, 7) is 8.65. The standard InChI is InChI=1S/C13H25N3O2S/c1-10(13(2,3)4)16(6)19(17,18)12-7-11(8-14-5)15-9-12/h7,9-10,14-15H,8H2,1-6H3. The van der Waals surface area contributed by atoms with E-state index in [4.69, 9.17) is 0 Å². The Morgan fingerprint density at radius 1 is 1.42 bits per heavy atom. The lowest BCUT2D eigenvalue weighted by atomic mass is 9.88. The lowest BCUT2D eigenvalue weighted by Crippen LogP contribution is -2.42. The molecule has 0 saturated carbocycles. The van der Waals surface area contributed by atoms with Crippen LogP contribution in [0.4, 0.5) is 0 Å². The van der Waals surface area contributed by atoms with Crippen LogP contribution in [0.2, 0.25) is 0 Å². The molecule has 0 aliphatic rings. The predicted molar refractivity (Wildman–Crippen MR) is 77.4 cm³/mol. The normalized spacial score (nSPS) is 14.9. The molecule has 1 heterocycles. The fourth-order valence-corrected chi connectivity index (χ4v) is 3.34. The maximum Gasteiger partial charge on any atom is 0.244 e. The van der Waals surface area contributed by atoms with Crippen LogP contribution in [0.15, 0.2) is 17.2 Å². The van der Waals surface area contributed by atoms with E-state index in [1.807, 2.05) is 34.7 Å². The second kappa shape index (κ2) is 5.64. The number of sulfonamides is 1. The lowest BCUT2D eigenvalue weighted by molar-refractivity contribution is 0.216. The third-order valence-corrected chi connectivity index (χ3v) is 5.47. The molecular weight excluding hydrogens is 262 g/mol. The van der Waals surface area contributed by atoms with Crippen molar-refractivity contribution in [3.63, 3.8) is 0 Å². The molecular formula is C13H25N3O2S. The van der Waals surface area contributed by atoms with Crippen molar-refractivity contribution >= 4 is 10.0 Å². The zero-order valence-corrected chi connectivity index (χ0v) is 13.4. The lowest BCUT2D eigenvalue weighted by Gasteiger charge is -2.34. The Morgan fingerprint density at radius 3 is 2.47 bits per heavy atom. The number of hydrogen-bond acceptors (Lipinski definition) is 3.